The first-order chi connectivity index (χ1) is 8.52. The fourth-order valence-corrected chi connectivity index (χ4v) is 2.50. The molecule has 0 fully saturated rings. The first-order valence-corrected chi connectivity index (χ1v) is 7.15. The molecule has 0 aliphatic heterocycles. The van der Waals surface area contributed by atoms with E-state index in [0.717, 1.165) is 17.5 Å². The molecule has 1 aromatic rings. The van der Waals surface area contributed by atoms with Crippen LogP contribution in [0.2, 0.25) is 0 Å². The molecule has 0 bridgehead atoms. The largest absolute Gasteiger partial charge is 0.465 e. The third-order valence-corrected chi connectivity index (χ3v) is 3.59. The Hall–Kier alpha value is -1.10. The fraction of sp³-hybridized carbons (Fsp3) is 0.692. The SMILES string of the molecule is COC(=O)c1cnc(NC(C)CCCC(C)C)s1. The smallest absolute Gasteiger partial charge is 0.349 e. The van der Waals surface area contributed by atoms with Crippen molar-refractivity contribution in [2.75, 3.05) is 12.4 Å². The summed E-state index contributed by atoms with van der Waals surface area (Å²) in [7, 11) is 1.38. The minimum Gasteiger partial charge on any atom is -0.465 e. The highest BCUT2D eigenvalue weighted by atomic mass is 32.1. The molecular weight excluding hydrogens is 248 g/mol. The number of carbonyl (C=O) groups is 1. The van der Waals surface area contributed by atoms with E-state index in [4.69, 9.17) is 0 Å². The van der Waals surface area contributed by atoms with Gasteiger partial charge in [-0.2, -0.15) is 0 Å². The molecule has 0 saturated heterocycles. The predicted molar refractivity (Wildman–Crippen MR) is 75.2 cm³/mol. The number of hydrogen-bond acceptors (Lipinski definition) is 5. The number of thiazole rings is 1. The molecule has 5 heteroatoms. The number of ether oxygens (including phenoxy) is 1. The fourth-order valence-electron chi connectivity index (χ4n) is 1.65. The maximum atomic E-state index is 11.3. The van der Waals surface area contributed by atoms with Gasteiger partial charge in [0.05, 0.1) is 13.3 Å². The molecule has 4 nitrogen and oxygen atoms in total. The third kappa shape index (κ3) is 5.04. The first-order valence-electron chi connectivity index (χ1n) is 6.33. The monoisotopic (exact) mass is 270 g/mol. The Morgan fingerprint density at radius 3 is 2.78 bits per heavy atom. The zero-order valence-electron chi connectivity index (χ0n) is 11.5. The summed E-state index contributed by atoms with van der Waals surface area (Å²) in [4.78, 5) is 16.0. The van der Waals surface area contributed by atoms with Gasteiger partial charge in [0.15, 0.2) is 5.13 Å². The highest BCUT2D eigenvalue weighted by molar-refractivity contribution is 7.17. The normalized spacial score (nSPS) is 12.5. The second-order valence-corrected chi connectivity index (χ2v) is 5.92. The quantitative estimate of drug-likeness (QED) is 0.770. The molecule has 0 aliphatic carbocycles. The van der Waals surface area contributed by atoms with Crippen molar-refractivity contribution >= 4 is 22.4 Å². The van der Waals surface area contributed by atoms with Crippen molar-refractivity contribution in [1.82, 2.24) is 4.98 Å². The minimum absolute atomic E-state index is 0.326. The van der Waals surface area contributed by atoms with E-state index >= 15 is 0 Å². The number of methoxy groups -OCH3 is 1. The molecule has 0 spiro atoms. The van der Waals surface area contributed by atoms with Crippen LogP contribution in [0.5, 0.6) is 0 Å². The molecule has 1 atom stereocenters. The van der Waals surface area contributed by atoms with Crippen molar-refractivity contribution in [3.8, 4) is 0 Å². The van der Waals surface area contributed by atoms with Crippen LogP contribution in [0, 0.1) is 5.92 Å². The third-order valence-electron chi connectivity index (χ3n) is 2.68. The molecule has 1 N–H and O–H groups in total. The minimum atomic E-state index is -0.326. The Balaban J connectivity index is 2.37. The van der Waals surface area contributed by atoms with Gasteiger partial charge in [-0.05, 0) is 19.3 Å². The van der Waals surface area contributed by atoms with Crippen molar-refractivity contribution in [3.63, 3.8) is 0 Å². The summed E-state index contributed by atoms with van der Waals surface area (Å²) in [6.07, 6.45) is 5.13. The summed E-state index contributed by atoms with van der Waals surface area (Å²) in [5.74, 6) is 0.427. The summed E-state index contributed by atoms with van der Waals surface area (Å²) in [6, 6.07) is 0.375. The van der Waals surface area contributed by atoms with Gasteiger partial charge < -0.3 is 10.1 Å². The molecule has 0 aliphatic rings. The zero-order valence-corrected chi connectivity index (χ0v) is 12.3. The second-order valence-electron chi connectivity index (χ2n) is 4.89. The van der Waals surface area contributed by atoms with E-state index in [2.05, 4.69) is 35.8 Å². The topological polar surface area (TPSA) is 51.2 Å². The van der Waals surface area contributed by atoms with Gasteiger partial charge in [0.1, 0.15) is 4.88 Å². The number of rotatable bonds is 7. The van der Waals surface area contributed by atoms with Gasteiger partial charge in [-0.3, -0.25) is 0 Å². The van der Waals surface area contributed by atoms with Crippen LogP contribution in [0.15, 0.2) is 6.20 Å². The second kappa shape index (κ2) is 7.36. The number of anilines is 1. The van der Waals surface area contributed by atoms with Gasteiger partial charge in [0.2, 0.25) is 0 Å². The molecule has 1 rings (SSSR count). The number of nitrogens with one attached hydrogen (secondary N) is 1. The van der Waals surface area contributed by atoms with E-state index in [1.54, 1.807) is 6.20 Å². The Kier molecular flexibility index (Phi) is 6.12. The van der Waals surface area contributed by atoms with E-state index in [1.165, 1.54) is 31.3 Å². The van der Waals surface area contributed by atoms with E-state index < -0.39 is 0 Å². The Bertz CT molecular complexity index is 377. The highest BCUT2D eigenvalue weighted by Gasteiger charge is 2.11. The summed E-state index contributed by atoms with van der Waals surface area (Å²) in [6.45, 7) is 6.61. The molecule has 0 radical (unpaired) electrons. The average molecular weight is 270 g/mol. The first kappa shape index (κ1) is 15.0. The lowest BCUT2D eigenvalue weighted by Crippen LogP contribution is -2.14. The van der Waals surface area contributed by atoms with Gasteiger partial charge in [-0.1, -0.05) is 38.0 Å². The lowest BCUT2D eigenvalue weighted by Gasteiger charge is -2.13. The van der Waals surface area contributed by atoms with Gasteiger partial charge >= 0.3 is 5.97 Å². The van der Waals surface area contributed by atoms with Crippen LogP contribution >= 0.6 is 11.3 Å². The van der Waals surface area contributed by atoms with Crippen LogP contribution in [0.25, 0.3) is 0 Å². The van der Waals surface area contributed by atoms with Crippen LogP contribution in [0.3, 0.4) is 0 Å². The zero-order chi connectivity index (χ0) is 13.5. The van der Waals surface area contributed by atoms with Crippen LogP contribution in [-0.2, 0) is 4.74 Å². The van der Waals surface area contributed by atoms with E-state index in [0.29, 0.717) is 10.9 Å². The lowest BCUT2D eigenvalue weighted by atomic mass is 10.0. The number of nitrogens with zero attached hydrogens (tertiary/aromatic N) is 1. The standard InChI is InChI=1S/C13H22N2O2S/c1-9(2)6-5-7-10(3)15-13-14-8-11(18-13)12(16)17-4/h8-10H,5-7H2,1-4H3,(H,14,15). The number of carbonyl (C=O) groups excluding carboxylic acids is 1. The molecule has 102 valence electrons. The number of hydrogen-bond donors (Lipinski definition) is 1. The van der Waals surface area contributed by atoms with Crippen LogP contribution in [0.1, 0.15) is 49.7 Å². The molecule has 1 heterocycles. The summed E-state index contributed by atoms with van der Waals surface area (Å²) < 4.78 is 4.65. The predicted octanol–water partition coefficient (Wildman–Crippen LogP) is 3.56. The van der Waals surface area contributed by atoms with Crippen molar-refractivity contribution in [2.45, 2.75) is 46.1 Å². The van der Waals surface area contributed by atoms with Gasteiger partial charge in [-0.25, -0.2) is 9.78 Å². The number of esters is 1. The molecule has 0 aromatic carbocycles. The molecule has 1 aromatic heterocycles. The summed E-state index contributed by atoms with van der Waals surface area (Å²) in [5.41, 5.74) is 0. The Morgan fingerprint density at radius 1 is 1.44 bits per heavy atom. The van der Waals surface area contributed by atoms with Gasteiger partial charge in [0.25, 0.3) is 0 Å². The van der Waals surface area contributed by atoms with Crippen molar-refractivity contribution in [2.24, 2.45) is 5.92 Å². The Labute approximate surface area is 113 Å². The summed E-state index contributed by atoms with van der Waals surface area (Å²) in [5, 5.41) is 4.10. The van der Waals surface area contributed by atoms with Crippen LogP contribution < -0.4 is 5.32 Å². The van der Waals surface area contributed by atoms with Gasteiger partial charge in [0, 0.05) is 6.04 Å². The average Bonchev–Trinajstić information content (AvgIpc) is 2.76. The molecular formula is C13H22N2O2S. The lowest BCUT2D eigenvalue weighted by molar-refractivity contribution is 0.0606. The summed E-state index contributed by atoms with van der Waals surface area (Å²) >= 11 is 1.34. The Morgan fingerprint density at radius 2 is 2.17 bits per heavy atom. The highest BCUT2D eigenvalue weighted by Crippen LogP contribution is 2.20. The number of aromatic nitrogens is 1. The molecule has 0 saturated carbocycles. The molecule has 0 amide bonds. The van der Waals surface area contributed by atoms with E-state index in [1.807, 2.05) is 0 Å². The molecule has 18 heavy (non-hydrogen) atoms. The van der Waals surface area contributed by atoms with Crippen molar-refractivity contribution < 1.29 is 9.53 Å². The van der Waals surface area contributed by atoms with Gasteiger partial charge in [-0.15, -0.1) is 0 Å². The molecule has 1 unspecified atom stereocenters. The van der Waals surface area contributed by atoms with Crippen molar-refractivity contribution in [1.29, 1.82) is 0 Å². The van der Waals surface area contributed by atoms with E-state index in [9.17, 15) is 4.79 Å². The van der Waals surface area contributed by atoms with Crippen LogP contribution in [-0.4, -0.2) is 24.1 Å². The van der Waals surface area contributed by atoms with Crippen LogP contribution in [0.4, 0.5) is 5.13 Å². The van der Waals surface area contributed by atoms with E-state index in [-0.39, 0.29) is 5.97 Å². The maximum Gasteiger partial charge on any atom is 0.349 e. The van der Waals surface area contributed by atoms with Crippen molar-refractivity contribution in [3.05, 3.63) is 11.1 Å². The maximum absolute atomic E-state index is 11.3.